The van der Waals surface area contributed by atoms with Crippen LogP contribution in [0.2, 0.25) is 0 Å². The Morgan fingerprint density at radius 2 is 2.00 bits per heavy atom. The zero-order valence-electron chi connectivity index (χ0n) is 13.1. The lowest BCUT2D eigenvalue weighted by atomic mass is 9.92. The van der Waals surface area contributed by atoms with Gasteiger partial charge in [-0.1, -0.05) is 18.2 Å². The minimum Gasteiger partial charge on any atom is -0.496 e. The summed E-state index contributed by atoms with van der Waals surface area (Å²) in [6.07, 6.45) is 0.371. The van der Waals surface area contributed by atoms with Crippen molar-refractivity contribution in [3.8, 4) is 11.8 Å². The lowest BCUT2D eigenvalue weighted by Crippen LogP contribution is -2.34. The van der Waals surface area contributed by atoms with E-state index >= 15 is 0 Å². The standard InChI is InChI=1S/C16H22N4O2/c1-10-13(11(2)20-19-10)8-16(21)18-14(9-17)12-6-4-5-7-15(12)22-3/h4-7,10-11,13-14,19-20H,8H2,1-3H3,(H,18,21). The second-order valence-electron chi connectivity index (χ2n) is 5.61. The Kier molecular flexibility index (Phi) is 5.36. The van der Waals surface area contributed by atoms with Crippen LogP contribution >= 0.6 is 0 Å². The van der Waals surface area contributed by atoms with Gasteiger partial charge in [-0.05, 0) is 19.9 Å². The molecule has 0 radical (unpaired) electrons. The molecule has 22 heavy (non-hydrogen) atoms. The largest absolute Gasteiger partial charge is 0.496 e. The molecule has 0 aliphatic carbocycles. The summed E-state index contributed by atoms with van der Waals surface area (Å²) in [5.41, 5.74) is 6.92. The van der Waals surface area contributed by atoms with Crippen LogP contribution in [0.3, 0.4) is 0 Å². The zero-order valence-corrected chi connectivity index (χ0v) is 13.1. The van der Waals surface area contributed by atoms with E-state index in [1.165, 1.54) is 0 Å². The Balaban J connectivity index is 2.04. The van der Waals surface area contributed by atoms with Gasteiger partial charge >= 0.3 is 0 Å². The van der Waals surface area contributed by atoms with Gasteiger partial charge < -0.3 is 10.1 Å². The summed E-state index contributed by atoms with van der Waals surface area (Å²) in [7, 11) is 1.55. The molecule has 0 aromatic heterocycles. The summed E-state index contributed by atoms with van der Waals surface area (Å²) in [5.74, 6) is 0.656. The van der Waals surface area contributed by atoms with Crippen LogP contribution in [0.5, 0.6) is 5.75 Å². The number of hydrazine groups is 1. The average molecular weight is 302 g/mol. The molecule has 1 amide bonds. The number of para-hydroxylation sites is 1. The molecule has 0 spiro atoms. The van der Waals surface area contributed by atoms with Crippen LogP contribution in [0.4, 0.5) is 0 Å². The zero-order chi connectivity index (χ0) is 16.1. The van der Waals surface area contributed by atoms with Crippen LogP contribution in [-0.4, -0.2) is 25.1 Å². The first kappa shape index (κ1) is 16.3. The van der Waals surface area contributed by atoms with Crippen molar-refractivity contribution in [1.29, 1.82) is 5.26 Å². The van der Waals surface area contributed by atoms with Crippen molar-refractivity contribution in [3.05, 3.63) is 29.8 Å². The van der Waals surface area contributed by atoms with Gasteiger partial charge in [-0.3, -0.25) is 15.6 Å². The number of carbonyl (C=O) groups is 1. The summed E-state index contributed by atoms with van der Waals surface area (Å²) in [5, 5.41) is 12.2. The van der Waals surface area contributed by atoms with Gasteiger partial charge in [0.25, 0.3) is 0 Å². The molecule has 0 saturated carbocycles. The molecular weight excluding hydrogens is 280 g/mol. The van der Waals surface area contributed by atoms with Crippen molar-refractivity contribution in [2.75, 3.05) is 7.11 Å². The average Bonchev–Trinajstić information content (AvgIpc) is 2.84. The lowest BCUT2D eigenvalue weighted by Gasteiger charge is -2.19. The van der Waals surface area contributed by atoms with Crippen LogP contribution in [0, 0.1) is 17.2 Å². The number of rotatable bonds is 5. The number of carbonyl (C=O) groups excluding carboxylic acids is 1. The molecule has 0 bridgehead atoms. The van der Waals surface area contributed by atoms with E-state index < -0.39 is 6.04 Å². The molecule has 1 heterocycles. The Morgan fingerprint density at radius 1 is 1.36 bits per heavy atom. The fraction of sp³-hybridized carbons (Fsp3) is 0.500. The van der Waals surface area contributed by atoms with Crippen molar-refractivity contribution in [1.82, 2.24) is 16.2 Å². The van der Waals surface area contributed by atoms with Crippen LogP contribution in [0.1, 0.15) is 31.9 Å². The number of ether oxygens (including phenoxy) is 1. The molecule has 6 heteroatoms. The number of hydrogen-bond donors (Lipinski definition) is 3. The van der Waals surface area contributed by atoms with Crippen LogP contribution in [-0.2, 0) is 4.79 Å². The number of nitrogens with zero attached hydrogens (tertiary/aromatic N) is 1. The highest BCUT2D eigenvalue weighted by atomic mass is 16.5. The summed E-state index contributed by atoms with van der Waals surface area (Å²) in [6, 6.07) is 9.07. The monoisotopic (exact) mass is 302 g/mol. The van der Waals surface area contributed by atoms with E-state index in [1.54, 1.807) is 19.2 Å². The molecule has 2 rings (SSSR count). The number of nitrogens with one attached hydrogen (secondary N) is 3. The smallest absolute Gasteiger partial charge is 0.221 e. The van der Waals surface area contributed by atoms with Gasteiger partial charge in [0.15, 0.2) is 0 Å². The Bertz CT molecular complexity index is 560. The van der Waals surface area contributed by atoms with Crippen molar-refractivity contribution >= 4 is 5.91 Å². The molecule has 1 aromatic carbocycles. The quantitative estimate of drug-likeness (QED) is 0.762. The summed E-state index contributed by atoms with van der Waals surface area (Å²) in [4.78, 5) is 12.3. The summed E-state index contributed by atoms with van der Waals surface area (Å²) in [6.45, 7) is 4.08. The molecule has 1 aliphatic heterocycles. The van der Waals surface area contributed by atoms with E-state index in [2.05, 4.69) is 22.2 Å². The third kappa shape index (κ3) is 3.56. The number of methoxy groups -OCH3 is 1. The maximum atomic E-state index is 12.3. The molecule has 3 atom stereocenters. The minimum atomic E-state index is -0.711. The molecule has 6 nitrogen and oxygen atoms in total. The SMILES string of the molecule is COc1ccccc1C(C#N)NC(=O)CC1C(C)NNC1C. The Labute approximate surface area is 130 Å². The number of nitriles is 1. The van der Waals surface area contributed by atoms with Gasteiger partial charge in [0.2, 0.25) is 5.91 Å². The highest BCUT2D eigenvalue weighted by molar-refractivity contribution is 5.77. The molecule has 3 N–H and O–H groups in total. The highest BCUT2D eigenvalue weighted by Crippen LogP contribution is 2.25. The Morgan fingerprint density at radius 3 is 2.59 bits per heavy atom. The van der Waals surface area contributed by atoms with Crippen molar-refractivity contribution in [2.24, 2.45) is 5.92 Å². The molecule has 1 aliphatic rings. The molecule has 118 valence electrons. The fourth-order valence-electron chi connectivity index (χ4n) is 2.78. The summed E-state index contributed by atoms with van der Waals surface area (Å²) < 4.78 is 5.25. The number of amides is 1. The normalized spacial score (nSPS) is 25.3. The maximum absolute atomic E-state index is 12.3. The van der Waals surface area contributed by atoms with E-state index in [-0.39, 0.29) is 23.9 Å². The van der Waals surface area contributed by atoms with Gasteiger partial charge in [0.05, 0.1) is 13.2 Å². The predicted molar refractivity (Wildman–Crippen MR) is 82.8 cm³/mol. The van der Waals surface area contributed by atoms with Gasteiger partial charge in [-0.15, -0.1) is 0 Å². The van der Waals surface area contributed by atoms with E-state index in [0.29, 0.717) is 17.7 Å². The van der Waals surface area contributed by atoms with E-state index in [4.69, 9.17) is 4.74 Å². The van der Waals surface area contributed by atoms with Gasteiger partial charge in [-0.25, -0.2) is 0 Å². The van der Waals surface area contributed by atoms with Crippen molar-refractivity contribution in [2.45, 2.75) is 38.4 Å². The van der Waals surface area contributed by atoms with Gasteiger partial charge in [0.1, 0.15) is 11.8 Å². The first-order valence-corrected chi connectivity index (χ1v) is 7.39. The number of benzene rings is 1. The molecular formula is C16H22N4O2. The predicted octanol–water partition coefficient (Wildman–Crippen LogP) is 1.27. The van der Waals surface area contributed by atoms with E-state index in [0.717, 1.165) is 0 Å². The minimum absolute atomic E-state index is 0.133. The molecule has 1 fully saturated rings. The number of hydrogen-bond acceptors (Lipinski definition) is 5. The fourth-order valence-corrected chi connectivity index (χ4v) is 2.78. The topological polar surface area (TPSA) is 86.2 Å². The molecule has 1 saturated heterocycles. The van der Waals surface area contributed by atoms with E-state index in [1.807, 2.05) is 26.0 Å². The lowest BCUT2D eigenvalue weighted by molar-refractivity contribution is -0.122. The van der Waals surface area contributed by atoms with Crippen LogP contribution in [0.15, 0.2) is 24.3 Å². The summed E-state index contributed by atoms with van der Waals surface area (Å²) >= 11 is 0. The molecule has 1 aromatic rings. The van der Waals surface area contributed by atoms with E-state index in [9.17, 15) is 10.1 Å². The first-order chi connectivity index (χ1) is 10.6. The second-order valence-corrected chi connectivity index (χ2v) is 5.61. The Hall–Kier alpha value is -2.10. The van der Waals surface area contributed by atoms with Gasteiger partial charge in [0, 0.05) is 30.0 Å². The highest BCUT2D eigenvalue weighted by Gasteiger charge is 2.32. The third-order valence-corrected chi connectivity index (χ3v) is 4.13. The third-order valence-electron chi connectivity index (χ3n) is 4.13. The maximum Gasteiger partial charge on any atom is 0.221 e. The van der Waals surface area contributed by atoms with Crippen molar-refractivity contribution < 1.29 is 9.53 Å². The van der Waals surface area contributed by atoms with Crippen molar-refractivity contribution in [3.63, 3.8) is 0 Å². The first-order valence-electron chi connectivity index (χ1n) is 7.39. The molecule has 3 unspecified atom stereocenters. The van der Waals surface area contributed by atoms with Crippen LogP contribution in [0.25, 0.3) is 0 Å². The van der Waals surface area contributed by atoms with Crippen LogP contribution < -0.4 is 20.9 Å². The second kappa shape index (κ2) is 7.25. The van der Waals surface area contributed by atoms with Gasteiger partial charge in [-0.2, -0.15) is 5.26 Å².